The number of pyridine rings is 1. The number of hydrogen-bond acceptors (Lipinski definition) is 7. The van der Waals surface area contributed by atoms with Crippen LogP contribution in [0.25, 0.3) is 20.8 Å². The number of amides is 1. The van der Waals surface area contributed by atoms with Gasteiger partial charge < -0.3 is 20.3 Å². The normalized spacial score (nSPS) is 13.2. The van der Waals surface area contributed by atoms with Crippen LogP contribution < -0.4 is 15.2 Å². The first kappa shape index (κ1) is 13.8. The summed E-state index contributed by atoms with van der Waals surface area (Å²) in [5.74, 6) is 0.338. The molecule has 0 aliphatic carbocycles. The number of carbonyl (C=O) groups excluding carboxylic acids is 1. The minimum absolute atomic E-state index is 0.158. The number of nitrogens with two attached hydrogens (primary N) is 1. The van der Waals surface area contributed by atoms with E-state index in [0.29, 0.717) is 39.9 Å². The van der Waals surface area contributed by atoms with E-state index in [2.05, 4.69) is 9.97 Å². The van der Waals surface area contributed by atoms with Gasteiger partial charge in [0, 0.05) is 5.56 Å². The maximum atomic E-state index is 11.3. The highest BCUT2D eigenvalue weighted by molar-refractivity contribution is 7.22. The van der Waals surface area contributed by atoms with Gasteiger partial charge >= 0.3 is 0 Å². The highest BCUT2D eigenvalue weighted by Gasteiger charge is 2.18. The standard InChI is InChI=1S/C15H11N3O4S/c16-14(20)11-12(19)13-8(6-17-11)18-15(23-13)7-1-2-9-10(5-7)22-4-3-21-9/h1-2,5-6,19H,3-4H2,(H2,16,20). The Morgan fingerprint density at radius 2 is 2.04 bits per heavy atom. The van der Waals surface area contributed by atoms with Crippen LogP contribution in [0.5, 0.6) is 17.2 Å². The Labute approximate surface area is 134 Å². The topological polar surface area (TPSA) is 108 Å². The average Bonchev–Trinajstić information content (AvgIpc) is 2.99. The number of carbonyl (C=O) groups is 1. The molecule has 0 saturated carbocycles. The second kappa shape index (κ2) is 5.10. The second-order valence-electron chi connectivity index (χ2n) is 4.91. The largest absolute Gasteiger partial charge is 0.504 e. The molecule has 0 bridgehead atoms. The number of thiazole rings is 1. The van der Waals surface area contributed by atoms with E-state index in [4.69, 9.17) is 15.2 Å². The lowest BCUT2D eigenvalue weighted by atomic mass is 10.2. The van der Waals surface area contributed by atoms with Crippen LogP contribution in [-0.4, -0.2) is 34.2 Å². The molecule has 8 heteroatoms. The fourth-order valence-electron chi connectivity index (χ4n) is 2.36. The molecular weight excluding hydrogens is 318 g/mol. The van der Waals surface area contributed by atoms with E-state index >= 15 is 0 Å². The molecule has 0 radical (unpaired) electrons. The second-order valence-corrected chi connectivity index (χ2v) is 5.91. The summed E-state index contributed by atoms with van der Waals surface area (Å²) in [4.78, 5) is 19.6. The zero-order valence-electron chi connectivity index (χ0n) is 11.8. The lowest BCUT2D eigenvalue weighted by Crippen LogP contribution is -2.15. The summed E-state index contributed by atoms with van der Waals surface area (Å²) in [6, 6.07) is 5.53. The number of benzene rings is 1. The molecule has 2 aromatic heterocycles. The molecule has 0 atom stereocenters. The van der Waals surface area contributed by atoms with Crippen LogP contribution in [-0.2, 0) is 0 Å². The molecule has 0 unspecified atom stereocenters. The van der Waals surface area contributed by atoms with Gasteiger partial charge in [-0.3, -0.25) is 4.79 Å². The Morgan fingerprint density at radius 3 is 2.83 bits per heavy atom. The molecule has 1 aliphatic heterocycles. The molecule has 0 spiro atoms. The SMILES string of the molecule is NC(=O)c1ncc2nc(-c3ccc4c(c3)OCCO4)sc2c1O. The summed E-state index contributed by atoms with van der Waals surface area (Å²) in [7, 11) is 0. The predicted octanol–water partition coefficient (Wildman–Crippen LogP) is 1.93. The quantitative estimate of drug-likeness (QED) is 0.744. The Hall–Kier alpha value is -2.87. The van der Waals surface area contributed by atoms with E-state index in [9.17, 15) is 9.90 Å². The smallest absolute Gasteiger partial charge is 0.271 e. The Morgan fingerprint density at radius 1 is 1.26 bits per heavy atom. The minimum Gasteiger partial charge on any atom is -0.504 e. The molecule has 23 heavy (non-hydrogen) atoms. The van der Waals surface area contributed by atoms with E-state index in [0.717, 1.165) is 5.56 Å². The number of aromatic nitrogens is 2. The number of ether oxygens (including phenoxy) is 2. The van der Waals surface area contributed by atoms with Crippen LogP contribution in [0, 0.1) is 0 Å². The van der Waals surface area contributed by atoms with Crippen molar-refractivity contribution < 1.29 is 19.4 Å². The van der Waals surface area contributed by atoms with Crippen molar-refractivity contribution in [2.75, 3.05) is 13.2 Å². The van der Waals surface area contributed by atoms with Crippen molar-refractivity contribution in [1.29, 1.82) is 0 Å². The third kappa shape index (κ3) is 2.23. The molecule has 0 fully saturated rings. The fourth-order valence-corrected chi connectivity index (χ4v) is 3.34. The zero-order valence-corrected chi connectivity index (χ0v) is 12.6. The van der Waals surface area contributed by atoms with Crippen molar-refractivity contribution in [3.63, 3.8) is 0 Å². The first-order chi connectivity index (χ1) is 11.1. The number of aromatic hydroxyl groups is 1. The van der Waals surface area contributed by atoms with Crippen LogP contribution in [0.15, 0.2) is 24.4 Å². The van der Waals surface area contributed by atoms with Crippen LogP contribution in [0.3, 0.4) is 0 Å². The summed E-state index contributed by atoms with van der Waals surface area (Å²) in [5, 5.41) is 10.8. The van der Waals surface area contributed by atoms with Crippen LogP contribution in [0.2, 0.25) is 0 Å². The lowest BCUT2D eigenvalue weighted by Gasteiger charge is -2.18. The zero-order chi connectivity index (χ0) is 16.0. The van der Waals surface area contributed by atoms with Crippen molar-refractivity contribution >= 4 is 27.5 Å². The average molecular weight is 329 g/mol. The summed E-state index contributed by atoms with van der Waals surface area (Å²) in [6.45, 7) is 1.03. The van der Waals surface area contributed by atoms with Crippen LogP contribution in [0.1, 0.15) is 10.5 Å². The fraction of sp³-hybridized carbons (Fsp3) is 0.133. The van der Waals surface area contributed by atoms with Gasteiger partial charge in [-0.15, -0.1) is 11.3 Å². The van der Waals surface area contributed by atoms with Crippen molar-refractivity contribution in [2.45, 2.75) is 0 Å². The van der Waals surface area contributed by atoms with Crippen LogP contribution >= 0.6 is 11.3 Å². The number of hydrogen-bond donors (Lipinski definition) is 2. The molecule has 116 valence electrons. The number of fused-ring (bicyclic) bond motifs is 2. The molecule has 1 amide bonds. The predicted molar refractivity (Wildman–Crippen MR) is 84.0 cm³/mol. The first-order valence-corrected chi connectivity index (χ1v) is 7.63. The molecule has 0 saturated heterocycles. The van der Waals surface area contributed by atoms with Gasteiger partial charge in [-0.2, -0.15) is 0 Å². The van der Waals surface area contributed by atoms with Crippen molar-refractivity contribution in [3.8, 4) is 27.8 Å². The van der Waals surface area contributed by atoms with E-state index in [1.807, 2.05) is 18.2 Å². The van der Waals surface area contributed by atoms with Gasteiger partial charge in [0.05, 0.1) is 6.20 Å². The van der Waals surface area contributed by atoms with Crippen molar-refractivity contribution in [3.05, 3.63) is 30.1 Å². The molecular formula is C15H11N3O4S. The monoisotopic (exact) mass is 329 g/mol. The molecule has 3 N–H and O–H groups in total. The third-order valence-electron chi connectivity index (χ3n) is 3.43. The minimum atomic E-state index is -0.779. The van der Waals surface area contributed by atoms with Gasteiger partial charge in [0.1, 0.15) is 28.4 Å². The molecule has 3 aromatic rings. The van der Waals surface area contributed by atoms with E-state index in [1.165, 1.54) is 17.5 Å². The third-order valence-corrected chi connectivity index (χ3v) is 4.56. The highest BCUT2D eigenvalue weighted by atomic mass is 32.1. The molecule has 1 aromatic carbocycles. The Balaban J connectivity index is 1.83. The van der Waals surface area contributed by atoms with Gasteiger partial charge in [-0.1, -0.05) is 0 Å². The van der Waals surface area contributed by atoms with Crippen molar-refractivity contribution in [1.82, 2.24) is 9.97 Å². The number of rotatable bonds is 2. The van der Waals surface area contributed by atoms with E-state index < -0.39 is 5.91 Å². The number of nitrogens with zero attached hydrogens (tertiary/aromatic N) is 2. The summed E-state index contributed by atoms with van der Waals surface area (Å²) < 4.78 is 11.5. The Kier molecular flexibility index (Phi) is 3.05. The summed E-state index contributed by atoms with van der Waals surface area (Å²) in [6.07, 6.45) is 1.42. The lowest BCUT2D eigenvalue weighted by molar-refractivity contribution is 0.0993. The summed E-state index contributed by atoms with van der Waals surface area (Å²) >= 11 is 1.25. The maximum Gasteiger partial charge on any atom is 0.271 e. The molecule has 4 rings (SSSR count). The molecule has 3 heterocycles. The van der Waals surface area contributed by atoms with Gasteiger partial charge in [0.25, 0.3) is 5.91 Å². The molecule has 7 nitrogen and oxygen atoms in total. The van der Waals surface area contributed by atoms with Gasteiger partial charge in [0.2, 0.25) is 0 Å². The number of primary amides is 1. The van der Waals surface area contributed by atoms with Crippen molar-refractivity contribution in [2.24, 2.45) is 5.73 Å². The van der Waals surface area contributed by atoms with E-state index in [1.54, 1.807) is 0 Å². The summed E-state index contributed by atoms with van der Waals surface area (Å²) in [5.41, 5.74) is 6.37. The van der Waals surface area contributed by atoms with Gasteiger partial charge in [-0.05, 0) is 18.2 Å². The maximum absolute atomic E-state index is 11.3. The first-order valence-electron chi connectivity index (χ1n) is 6.82. The van der Waals surface area contributed by atoms with Crippen LogP contribution in [0.4, 0.5) is 0 Å². The van der Waals surface area contributed by atoms with Gasteiger partial charge in [0.15, 0.2) is 22.9 Å². The van der Waals surface area contributed by atoms with E-state index in [-0.39, 0.29) is 11.4 Å². The molecule has 1 aliphatic rings. The van der Waals surface area contributed by atoms with Gasteiger partial charge in [-0.25, -0.2) is 9.97 Å². The Bertz CT molecular complexity index is 938. The highest BCUT2D eigenvalue weighted by Crippen LogP contribution is 2.39.